The fraction of sp³-hybridized carbons (Fsp3) is 0.444. The van der Waals surface area contributed by atoms with Gasteiger partial charge in [-0.05, 0) is 49.9 Å². The van der Waals surface area contributed by atoms with Gasteiger partial charge < -0.3 is 20.7 Å². The van der Waals surface area contributed by atoms with Crippen molar-refractivity contribution in [2.24, 2.45) is 0 Å². The maximum absolute atomic E-state index is 13.8. The molecule has 8 heteroatoms. The Balaban J connectivity index is 1.44. The van der Waals surface area contributed by atoms with Crippen LogP contribution in [0.2, 0.25) is 0 Å². The van der Waals surface area contributed by atoms with E-state index >= 15 is 0 Å². The molecule has 2 unspecified atom stereocenters. The van der Waals surface area contributed by atoms with Crippen LogP contribution in [0.1, 0.15) is 66.8 Å². The molecule has 0 saturated carbocycles. The predicted octanol–water partition coefficient (Wildman–Crippen LogP) is 2.28. The van der Waals surface area contributed by atoms with Crippen molar-refractivity contribution in [3.05, 3.63) is 70.8 Å². The molecular formula is C27H32N4O4. The summed E-state index contributed by atoms with van der Waals surface area (Å²) in [4.78, 5) is 41.7. The second kappa shape index (κ2) is 9.79. The van der Waals surface area contributed by atoms with Crippen molar-refractivity contribution in [3.8, 4) is 0 Å². The van der Waals surface area contributed by atoms with Crippen molar-refractivity contribution in [2.75, 3.05) is 13.7 Å². The number of nitrogens with one attached hydrogen (secondary N) is 3. The molecule has 3 amide bonds. The highest BCUT2D eigenvalue weighted by atomic mass is 16.5. The van der Waals surface area contributed by atoms with Crippen LogP contribution in [-0.4, -0.2) is 48.4 Å². The molecule has 1 aliphatic carbocycles. The maximum Gasteiger partial charge on any atom is 0.248 e. The van der Waals surface area contributed by atoms with Crippen molar-refractivity contribution in [1.29, 1.82) is 0 Å². The Kier molecular flexibility index (Phi) is 6.58. The zero-order chi connectivity index (χ0) is 24.5. The highest BCUT2D eigenvalue weighted by molar-refractivity contribution is 5.95. The monoisotopic (exact) mass is 476 g/mol. The Morgan fingerprint density at radius 1 is 0.971 bits per heavy atom. The lowest BCUT2D eigenvalue weighted by Gasteiger charge is -2.32. The van der Waals surface area contributed by atoms with E-state index in [4.69, 9.17) is 4.74 Å². The molecule has 2 aliphatic heterocycles. The van der Waals surface area contributed by atoms with E-state index in [1.54, 1.807) is 14.0 Å². The van der Waals surface area contributed by atoms with E-state index in [9.17, 15) is 14.4 Å². The third-order valence-electron chi connectivity index (χ3n) is 7.40. The molecule has 2 aromatic rings. The molecule has 0 bridgehead atoms. The number of aryl methyl sites for hydroxylation is 1. The molecule has 1 fully saturated rings. The van der Waals surface area contributed by atoms with Crippen LogP contribution in [0.5, 0.6) is 0 Å². The van der Waals surface area contributed by atoms with E-state index in [2.05, 4.69) is 28.1 Å². The number of likely N-dealkylation sites (N-methyl/N-ethyl adjacent to an activating group) is 1. The van der Waals surface area contributed by atoms with Crippen LogP contribution >= 0.6 is 0 Å². The van der Waals surface area contributed by atoms with Gasteiger partial charge in [0, 0.05) is 12.0 Å². The number of fused-ring (bicyclic) bond motifs is 4. The summed E-state index contributed by atoms with van der Waals surface area (Å²) >= 11 is 0. The Labute approximate surface area is 205 Å². The lowest BCUT2D eigenvalue weighted by molar-refractivity contribution is -0.153. The van der Waals surface area contributed by atoms with Crippen LogP contribution in [0.3, 0.4) is 0 Å². The summed E-state index contributed by atoms with van der Waals surface area (Å²) in [5, 5.41) is 8.97. The molecule has 35 heavy (non-hydrogen) atoms. The number of rotatable bonds is 5. The van der Waals surface area contributed by atoms with E-state index in [0.717, 1.165) is 36.0 Å². The van der Waals surface area contributed by atoms with Crippen molar-refractivity contribution < 1.29 is 19.1 Å². The molecule has 184 valence electrons. The fourth-order valence-corrected chi connectivity index (χ4v) is 5.42. The summed E-state index contributed by atoms with van der Waals surface area (Å²) in [5.74, 6) is -0.792. The number of hydrogen-bond donors (Lipinski definition) is 3. The molecule has 2 heterocycles. The Hall–Kier alpha value is -3.23. The Morgan fingerprint density at radius 3 is 2.46 bits per heavy atom. The average Bonchev–Trinajstić information content (AvgIpc) is 3.13. The number of benzene rings is 2. The van der Waals surface area contributed by atoms with Crippen LogP contribution in [0.15, 0.2) is 48.5 Å². The average molecular weight is 477 g/mol. The zero-order valence-corrected chi connectivity index (χ0v) is 20.1. The van der Waals surface area contributed by atoms with Gasteiger partial charge in [-0.25, -0.2) is 0 Å². The maximum atomic E-state index is 13.8. The van der Waals surface area contributed by atoms with Gasteiger partial charge in [0.1, 0.15) is 12.1 Å². The number of carbonyl (C=O) groups is 3. The van der Waals surface area contributed by atoms with E-state index < -0.39 is 24.4 Å². The second-order valence-corrected chi connectivity index (χ2v) is 9.51. The highest BCUT2D eigenvalue weighted by Crippen LogP contribution is 2.45. The zero-order valence-electron chi connectivity index (χ0n) is 20.1. The summed E-state index contributed by atoms with van der Waals surface area (Å²) in [6.07, 6.45) is 2.54. The van der Waals surface area contributed by atoms with Crippen LogP contribution in [0.25, 0.3) is 0 Å². The molecule has 0 radical (unpaired) electrons. The van der Waals surface area contributed by atoms with Gasteiger partial charge >= 0.3 is 0 Å². The lowest BCUT2D eigenvalue weighted by atomic mass is 9.87. The molecular weight excluding hydrogens is 444 g/mol. The first-order chi connectivity index (χ1) is 17.0. The molecule has 1 saturated heterocycles. The number of hydrogen-bond acceptors (Lipinski definition) is 5. The van der Waals surface area contributed by atoms with Gasteiger partial charge in [-0.3, -0.25) is 19.3 Å². The minimum absolute atomic E-state index is 0.103. The van der Waals surface area contributed by atoms with Crippen molar-refractivity contribution in [3.63, 3.8) is 0 Å². The minimum atomic E-state index is -0.822. The molecule has 8 nitrogen and oxygen atoms in total. The van der Waals surface area contributed by atoms with Crippen molar-refractivity contribution >= 4 is 17.7 Å². The second-order valence-electron chi connectivity index (χ2n) is 9.51. The largest absolute Gasteiger partial charge is 0.354 e. The summed E-state index contributed by atoms with van der Waals surface area (Å²) in [6, 6.07) is 13.6. The normalized spacial score (nSPS) is 26.1. The Bertz CT molecular complexity index is 1140. The molecule has 0 aromatic heterocycles. The third-order valence-corrected chi connectivity index (χ3v) is 7.40. The SMILES string of the molecule is CN[C@@H](C)C(=O)N[C@H]1CCO[C@H]2c3ccccc3C(C(=O)NC3CCCc4ccccc43)N2C1=O. The molecule has 3 N–H and O–H groups in total. The van der Waals surface area contributed by atoms with E-state index in [-0.39, 0.29) is 23.8 Å². The molecule has 3 aliphatic rings. The van der Waals surface area contributed by atoms with Crippen LogP contribution < -0.4 is 16.0 Å². The fourth-order valence-electron chi connectivity index (χ4n) is 5.42. The number of amides is 3. The first kappa shape index (κ1) is 23.5. The first-order valence-corrected chi connectivity index (χ1v) is 12.4. The predicted molar refractivity (Wildman–Crippen MR) is 130 cm³/mol. The molecule has 2 aromatic carbocycles. The van der Waals surface area contributed by atoms with Crippen molar-refractivity contribution in [2.45, 2.75) is 63.0 Å². The summed E-state index contributed by atoms with van der Waals surface area (Å²) in [7, 11) is 1.69. The van der Waals surface area contributed by atoms with Crippen molar-refractivity contribution in [1.82, 2.24) is 20.9 Å². The highest BCUT2D eigenvalue weighted by Gasteiger charge is 2.49. The molecule has 5 rings (SSSR count). The van der Waals surface area contributed by atoms with Gasteiger partial charge in [0.25, 0.3) is 0 Å². The van der Waals surface area contributed by atoms with E-state index in [1.807, 2.05) is 36.4 Å². The molecule has 0 spiro atoms. The van der Waals surface area contributed by atoms with Crippen LogP contribution in [0, 0.1) is 0 Å². The summed E-state index contributed by atoms with van der Waals surface area (Å²) < 4.78 is 6.11. The number of carbonyl (C=O) groups excluding carboxylic acids is 3. The van der Waals surface area contributed by atoms with E-state index in [1.165, 1.54) is 10.5 Å². The van der Waals surface area contributed by atoms with Gasteiger partial charge in [0.2, 0.25) is 17.7 Å². The van der Waals surface area contributed by atoms with Gasteiger partial charge in [0.05, 0.1) is 18.7 Å². The summed E-state index contributed by atoms with van der Waals surface area (Å²) in [5.41, 5.74) is 3.98. The third kappa shape index (κ3) is 4.32. The van der Waals surface area contributed by atoms with Gasteiger partial charge in [-0.15, -0.1) is 0 Å². The lowest BCUT2D eigenvalue weighted by Crippen LogP contribution is -2.53. The van der Waals surface area contributed by atoms with Gasteiger partial charge in [-0.2, -0.15) is 0 Å². The quantitative estimate of drug-likeness (QED) is 0.615. The summed E-state index contributed by atoms with van der Waals surface area (Å²) in [6.45, 7) is 2.03. The topological polar surface area (TPSA) is 99.8 Å². The van der Waals surface area contributed by atoms with Crippen LogP contribution in [-0.2, 0) is 25.5 Å². The van der Waals surface area contributed by atoms with E-state index in [0.29, 0.717) is 13.0 Å². The Morgan fingerprint density at radius 2 is 1.69 bits per heavy atom. The van der Waals surface area contributed by atoms with Crippen LogP contribution in [0.4, 0.5) is 0 Å². The standard InChI is InChI=1S/C27H32N4O4/c1-16(28-2)24(32)30-22-14-15-35-27-20-12-6-5-11-19(20)23(31(27)26(22)34)25(33)29-21-13-7-9-17-8-3-4-10-18(17)21/h3-6,8,10-12,16,21-23,27-28H,7,9,13-15H2,1-2H3,(H,29,33)(H,30,32)/t16-,21?,22-,23?,27-/m0/s1. The molecule has 5 atom stereocenters. The van der Waals surface area contributed by atoms with Gasteiger partial charge in [0.15, 0.2) is 6.23 Å². The minimum Gasteiger partial charge on any atom is -0.354 e. The smallest absolute Gasteiger partial charge is 0.248 e. The number of ether oxygens (including phenoxy) is 1. The number of nitrogens with zero attached hydrogens (tertiary/aromatic N) is 1. The first-order valence-electron chi connectivity index (χ1n) is 12.4. The van der Waals surface area contributed by atoms with Gasteiger partial charge in [-0.1, -0.05) is 48.5 Å².